The Bertz CT molecular complexity index is 1160. The second-order valence-corrected chi connectivity index (χ2v) is 25.6. The summed E-state index contributed by atoms with van der Waals surface area (Å²) < 4.78 is 5.57. The van der Waals surface area contributed by atoms with Gasteiger partial charge in [-0.25, -0.2) is 0 Å². The lowest BCUT2D eigenvalue weighted by Crippen LogP contribution is -2.19. The van der Waals surface area contributed by atoms with Gasteiger partial charge in [0.2, 0.25) is 0 Å². The largest absolute Gasteiger partial charge is 0.481 e. The number of hydrogen-bond donors (Lipinski definition) is 1. The molecule has 0 aromatic heterocycles. The number of carboxylic acids is 1. The molecule has 0 aliphatic rings. The first kappa shape index (κ1) is 74.8. The molecule has 0 radical (unpaired) electrons. The van der Waals surface area contributed by atoms with Gasteiger partial charge >= 0.3 is 11.9 Å². The Balaban J connectivity index is 0. The van der Waals surface area contributed by atoms with Crippen LogP contribution in [0.4, 0.5) is 0 Å². The first-order valence-corrected chi connectivity index (χ1v) is 33.8. The number of unbranched alkanes of at least 4 members (excludes halogenated alkanes) is 34. The van der Waals surface area contributed by atoms with E-state index in [0.717, 1.165) is 43.4 Å². The fraction of sp³-hybridized carbons (Fsp3) is 0.943. The third kappa shape index (κ3) is 56.9. The molecule has 0 bridgehead atoms. The maximum atomic E-state index is 12.4. The van der Waals surface area contributed by atoms with E-state index in [-0.39, 0.29) is 17.8 Å². The van der Waals surface area contributed by atoms with Crippen LogP contribution < -0.4 is 0 Å². The van der Waals surface area contributed by atoms with Crippen LogP contribution in [0.1, 0.15) is 372 Å². The zero-order valence-electron chi connectivity index (χ0n) is 52.7. The lowest BCUT2D eigenvalue weighted by atomic mass is 9.84. The highest BCUT2D eigenvalue weighted by Crippen LogP contribution is 2.29. The van der Waals surface area contributed by atoms with Crippen LogP contribution >= 0.6 is 0 Å². The van der Waals surface area contributed by atoms with E-state index in [0.29, 0.717) is 24.4 Å². The molecule has 0 rings (SSSR count). The average molecular weight is 1040 g/mol. The van der Waals surface area contributed by atoms with Gasteiger partial charge in [0.1, 0.15) is 0 Å². The number of carboxylic acid groups (broad SMARTS) is 1. The summed E-state index contributed by atoms with van der Waals surface area (Å²) in [5, 5.41) is 9.06. The van der Waals surface area contributed by atoms with Gasteiger partial charge in [0.25, 0.3) is 0 Å². The highest BCUT2D eigenvalue weighted by atomic mass is 16.5. The fourth-order valence-corrected chi connectivity index (χ4v) is 12.1. The molecule has 0 heterocycles. The van der Waals surface area contributed by atoms with Crippen LogP contribution in [0.3, 0.4) is 0 Å². The molecule has 0 aromatic rings. The highest BCUT2D eigenvalue weighted by Gasteiger charge is 2.21. The number of carbonyl (C=O) groups excluding carboxylic acids is 1. The zero-order chi connectivity index (χ0) is 55.1. The molecule has 0 saturated heterocycles. The Morgan fingerprint density at radius 2 is 0.581 bits per heavy atom. The number of aliphatic carboxylic acids is 1. The molecule has 0 aliphatic carbocycles. The molecular weight excluding hydrogens is 905 g/mol. The molecule has 0 fully saturated rings. The van der Waals surface area contributed by atoms with E-state index in [2.05, 4.69) is 81.4 Å². The number of allylic oxidation sites excluding steroid dienone is 2. The maximum absolute atomic E-state index is 12.4. The Morgan fingerprint density at radius 1 is 0.324 bits per heavy atom. The van der Waals surface area contributed by atoms with Gasteiger partial charge in [-0.15, -0.1) is 0 Å². The van der Waals surface area contributed by atoms with E-state index < -0.39 is 5.97 Å². The van der Waals surface area contributed by atoms with Gasteiger partial charge in [0, 0.05) is 0 Å². The standard InChI is InChI=1S/C42H84O2.C28H54O2/c1-7-9-11-13-15-16-17-18-19-20-21-22-23-24-25-26-27-28-29-31-33-38(3)35-39(4)36-40(5)37-41(6)42(43)44-34-32-30-14-12-10-8-2;1-6-7-8-9-10-11-12-13-14-15-16-17-18-19-20-24(2)21-25(3)22-26(4)23-27(5)28(29)30/h38-41H,7-37H2,1-6H3;11-12,24-27H,6-10,13-23H2,1-5H3,(H,29,30). The van der Waals surface area contributed by atoms with Crippen molar-refractivity contribution in [1.29, 1.82) is 0 Å². The van der Waals surface area contributed by atoms with Crippen LogP contribution in [-0.4, -0.2) is 23.7 Å². The van der Waals surface area contributed by atoms with Gasteiger partial charge in [-0.05, 0) is 106 Å². The van der Waals surface area contributed by atoms with Crippen molar-refractivity contribution < 1.29 is 19.4 Å². The molecule has 4 nitrogen and oxygen atoms in total. The minimum Gasteiger partial charge on any atom is -0.481 e. The molecule has 1 N–H and O–H groups in total. The van der Waals surface area contributed by atoms with Gasteiger partial charge in [0.05, 0.1) is 18.4 Å². The topological polar surface area (TPSA) is 63.6 Å². The minimum atomic E-state index is -0.655. The van der Waals surface area contributed by atoms with Crippen molar-refractivity contribution in [2.75, 3.05) is 6.61 Å². The molecule has 0 amide bonds. The SMILES string of the molecule is CCCCCCC=CCCCCCCCCC(C)CC(C)CC(C)CC(C)C(=O)O.CCCCCCCCCCCCCCCCCCCCCCC(C)CC(C)CC(C)CC(C)C(=O)OCCCCCCCC. The zero-order valence-corrected chi connectivity index (χ0v) is 52.7. The summed E-state index contributed by atoms with van der Waals surface area (Å²) in [5.74, 6) is 3.36. The fourth-order valence-electron chi connectivity index (χ4n) is 12.1. The summed E-state index contributed by atoms with van der Waals surface area (Å²) >= 11 is 0. The molecule has 0 aromatic carbocycles. The smallest absolute Gasteiger partial charge is 0.308 e. The molecule has 4 heteroatoms. The number of carbonyl (C=O) groups is 2. The van der Waals surface area contributed by atoms with Gasteiger partial charge in [-0.1, -0.05) is 313 Å². The van der Waals surface area contributed by atoms with Crippen LogP contribution in [0.25, 0.3) is 0 Å². The summed E-state index contributed by atoms with van der Waals surface area (Å²) in [4.78, 5) is 23.4. The Morgan fingerprint density at radius 3 is 0.919 bits per heavy atom. The van der Waals surface area contributed by atoms with E-state index >= 15 is 0 Å². The summed E-state index contributed by atoms with van der Waals surface area (Å²) in [6, 6.07) is 0. The monoisotopic (exact) mass is 1040 g/mol. The summed E-state index contributed by atoms with van der Waals surface area (Å²) in [6.45, 7) is 25.5. The van der Waals surface area contributed by atoms with Gasteiger partial charge < -0.3 is 9.84 Å². The van der Waals surface area contributed by atoms with E-state index in [9.17, 15) is 9.59 Å². The van der Waals surface area contributed by atoms with E-state index in [1.165, 1.54) is 270 Å². The summed E-state index contributed by atoms with van der Waals surface area (Å²) in [7, 11) is 0. The minimum absolute atomic E-state index is 0.0195. The predicted molar refractivity (Wildman–Crippen MR) is 330 cm³/mol. The molecule has 0 saturated carbocycles. The highest BCUT2D eigenvalue weighted by molar-refractivity contribution is 5.72. The molecule has 8 unspecified atom stereocenters. The first-order chi connectivity index (χ1) is 35.8. The van der Waals surface area contributed by atoms with Crippen molar-refractivity contribution in [3.8, 4) is 0 Å². The van der Waals surface area contributed by atoms with Gasteiger partial charge in [-0.3, -0.25) is 9.59 Å². The summed E-state index contributed by atoms with van der Waals surface area (Å²) in [5.41, 5.74) is 0. The quantitative estimate of drug-likeness (QED) is 0.0375. The molecule has 0 spiro atoms. The van der Waals surface area contributed by atoms with Crippen molar-refractivity contribution in [2.45, 2.75) is 372 Å². The molecule has 8 atom stereocenters. The Kier molecular flexibility index (Phi) is 58.4. The Labute approximate surface area is 466 Å². The predicted octanol–water partition coefficient (Wildman–Crippen LogP) is 24.2. The van der Waals surface area contributed by atoms with Crippen molar-refractivity contribution in [1.82, 2.24) is 0 Å². The molecular formula is C70H138O4. The lowest BCUT2D eigenvalue weighted by Gasteiger charge is -2.22. The van der Waals surface area contributed by atoms with Crippen molar-refractivity contribution in [3.63, 3.8) is 0 Å². The number of esters is 1. The number of ether oxygens (including phenoxy) is 1. The number of hydrogen-bond acceptors (Lipinski definition) is 3. The van der Waals surface area contributed by atoms with Gasteiger partial charge in [0.15, 0.2) is 0 Å². The second-order valence-electron chi connectivity index (χ2n) is 25.6. The van der Waals surface area contributed by atoms with Crippen LogP contribution in [0.5, 0.6) is 0 Å². The van der Waals surface area contributed by atoms with Crippen LogP contribution in [0, 0.1) is 47.3 Å². The van der Waals surface area contributed by atoms with Crippen LogP contribution in [-0.2, 0) is 14.3 Å². The van der Waals surface area contributed by atoms with Crippen LogP contribution in [0.15, 0.2) is 12.2 Å². The third-order valence-electron chi connectivity index (χ3n) is 16.6. The van der Waals surface area contributed by atoms with Crippen molar-refractivity contribution in [2.24, 2.45) is 47.3 Å². The Hall–Kier alpha value is -1.32. The van der Waals surface area contributed by atoms with E-state index in [1.54, 1.807) is 0 Å². The number of rotatable bonds is 56. The molecule has 442 valence electrons. The second kappa shape index (κ2) is 57.8. The third-order valence-corrected chi connectivity index (χ3v) is 16.6. The van der Waals surface area contributed by atoms with E-state index in [4.69, 9.17) is 9.84 Å². The summed E-state index contributed by atoms with van der Waals surface area (Å²) in [6.07, 6.45) is 67.1. The first-order valence-electron chi connectivity index (χ1n) is 33.8. The van der Waals surface area contributed by atoms with E-state index in [1.807, 2.05) is 6.92 Å². The maximum Gasteiger partial charge on any atom is 0.308 e. The average Bonchev–Trinajstić information content (AvgIpc) is 3.35. The normalized spacial score (nSPS) is 15.0. The van der Waals surface area contributed by atoms with Crippen molar-refractivity contribution in [3.05, 3.63) is 12.2 Å². The van der Waals surface area contributed by atoms with Crippen LogP contribution in [0.2, 0.25) is 0 Å². The van der Waals surface area contributed by atoms with Gasteiger partial charge in [-0.2, -0.15) is 0 Å². The molecule has 0 aliphatic heterocycles. The molecule has 74 heavy (non-hydrogen) atoms. The lowest BCUT2D eigenvalue weighted by molar-refractivity contribution is -0.148. The van der Waals surface area contributed by atoms with Crippen molar-refractivity contribution >= 4 is 11.9 Å².